The summed E-state index contributed by atoms with van der Waals surface area (Å²) in [6, 6.07) is 0.936. The summed E-state index contributed by atoms with van der Waals surface area (Å²) < 4.78 is 18.7. The number of unbranched alkanes of at least 4 members (excludes halogenated alkanes) is 9. The Hall–Kier alpha value is 0.0969. The lowest BCUT2D eigenvalue weighted by Crippen LogP contribution is -2.50. The SMILES string of the molecule is [CH2]CCCCCCCCCCC[Si](OC(C)C)(OC(C)C)OC(C)C. The third-order valence-corrected chi connectivity index (χ3v) is 7.44. The average Bonchev–Trinajstić information content (AvgIpc) is 2.47. The molecule has 0 aromatic rings. The van der Waals surface area contributed by atoms with Gasteiger partial charge in [-0.2, -0.15) is 0 Å². The van der Waals surface area contributed by atoms with E-state index in [2.05, 4.69) is 48.5 Å². The van der Waals surface area contributed by atoms with Gasteiger partial charge in [-0.1, -0.05) is 64.7 Å². The van der Waals surface area contributed by atoms with Crippen LogP contribution in [0, 0.1) is 6.92 Å². The zero-order valence-electron chi connectivity index (χ0n) is 17.9. The second-order valence-corrected chi connectivity index (χ2v) is 10.5. The molecule has 0 rings (SSSR count). The molecule has 3 nitrogen and oxygen atoms in total. The molecule has 0 saturated heterocycles. The Bertz CT molecular complexity index is 266. The van der Waals surface area contributed by atoms with Gasteiger partial charge in [0.15, 0.2) is 0 Å². The van der Waals surface area contributed by atoms with Gasteiger partial charge in [-0.3, -0.25) is 0 Å². The molecule has 0 aromatic heterocycles. The molecule has 0 unspecified atom stereocenters. The van der Waals surface area contributed by atoms with Crippen LogP contribution in [0.25, 0.3) is 0 Å². The highest BCUT2D eigenvalue weighted by molar-refractivity contribution is 6.60. The second kappa shape index (κ2) is 15.2. The van der Waals surface area contributed by atoms with Gasteiger partial charge in [0.2, 0.25) is 0 Å². The van der Waals surface area contributed by atoms with Gasteiger partial charge in [-0.15, -0.1) is 0 Å². The van der Waals surface area contributed by atoms with Crippen molar-refractivity contribution in [1.82, 2.24) is 0 Å². The molecule has 0 aliphatic rings. The molecule has 151 valence electrons. The summed E-state index contributed by atoms with van der Waals surface area (Å²) in [5.74, 6) is 0. The largest absolute Gasteiger partial charge is 0.501 e. The summed E-state index contributed by atoms with van der Waals surface area (Å²) in [5.41, 5.74) is 0. The van der Waals surface area contributed by atoms with E-state index in [1.165, 1.54) is 51.4 Å². The summed E-state index contributed by atoms with van der Waals surface area (Å²) >= 11 is 0. The third-order valence-electron chi connectivity index (χ3n) is 3.98. The van der Waals surface area contributed by atoms with Crippen LogP contribution in [0.15, 0.2) is 0 Å². The van der Waals surface area contributed by atoms with Crippen LogP contribution in [0.3, 0.4) is 0 Å². The molecule has 0 aliphatic carbocycles. The van der Waals surface area contributed by atoms with Gasteiger partial charge in [0.05, 0.1) is 0 Å². The van der Waals surface area contributed by atoms with Gasteiger partial charge in [0.25, 0.3) is 0 Å². The van der Waals surface area contributed by atoms with E-state index in [4.69, 9.17) is 13.3 Å². The van der Waals surface area contributed by atoms with Crippen molar-refractivity contribution in [2.45, 2.75) is 130 Å². The Morgan fingerprint density at radius 3 is 1.20 bits per heavy atom. The summed E-state index contributed by atoms with van der Waals surface area (Å²) in [6.07, 6.45) is 13.3. The van der Waals surface area contributed by atoms with Gasteiger partial charge in [0, 0.05) is 24.4 Å². The van der Waals surface area contributed by atoms with E-state index in [1.807, 2.05) is 0 Å². The van der Waals surface area contributed by atoms with E-state index < -0.39 is 8.80 Å². The maximum Gasteiger partial charge on any atom is 0.501 e. The number of rotatable bonds is 17. The van der Waals surface area contributed by atoms with Crippen LogP contribution < -0.4 is 0 Å². The van der Waals surface area contributed by atoms with Gasteiger partial charge in [-0.05, 0) is 48.0 Å². The molecule has 25 heavy (non-hydrogen) atoms. The molecule has 1 radical (unpaired) electrons. The summed E-state index contributed by atoms with van der Waals surface area (Å²) in [4.78, 5) is 0. The van der Waals surface area contributed by atoms with Crippen LogP contribution in [-0.2, 0) is 13.3 Å². The van der Waals surface area contributed by atoms with E-state index in [-0.39, 0.29) is 18.3 Å². The Kier molecular flexibility index (Phi) is 15.2. The van der Waals surface area contributed by atoms with Crippen molar-refractivity contribution in [3.05, 3.63) is 6.92 Å². The molecule has 0 heterocycles. The van der Waals surface area contributed by atoms with E-state index in [9.17, 15) is 0 Å². The standard InChI is InChI=1S/C21H45O3Si/c1-8-9-10-11-12-13-14-15-16-17-18-25(22-19(2)3,23-20(4)5)24-21(6)7/h19-21H,1,8-18H2,2-7H3. The molecule has 4 heteroatoms. The van der Waals surface area contributed by atoms with Crippen LogP contribution in [0.1, 0.15) is 106 Å². The normalized spacial score (nSPS) is 12.7. The Morgan fingerprint density at radius 2 is 0.880 bits per heavy atom. The smallest absolute Gasteiger partial charge is 0.371 e. The third kappa shape index (κ3) is 14.9. The molecule has 0 spiro atoms. The highest BCUT2D eigenvalue weighted by atomic mass is 28.4. The van der Waals surface area contributed by atoms with Crippen molar-refractivity contribution >= 4 is 8.80 Å². The monoisotopic (exact) mass is 373 g/mol. The minimum Gasteiger partial charge on any atom is -0.371 e. The van der Waals surface area contributed by atoms with Crippen molar-refractivity contribution in [1.29, 1.82) is 0 Å². The fourth-order valence-electron chi connectivity index (χ4n) is 3.09. The minimum atomic E-state index is -2.58. The predicted octanol–water partition coefficient (Wildman–Crippen LogP) is 6.94. The van der Waals surface area contributed by atoms with Crippen molar-refractivity contribution in [2.24, 2.45) is 0 Å². The molecule has 0 N–H and O–H groups in total. The molecule has 0 aliphatic heterocycles. The number of hydrogen-bond acceptors (Lipinski definition) is 3. The van der Waals surface area contributed by atoms with Crippen LogP contribution in [-0.4, -0.2) is 27.1 Å². The first-order chi connectivity index (χ1) is 11.8. The second-order valence-electron chi connectivity index (χ2n) is 7.97. The van der Waals surface area contributed by atoms with Crippen molar-refractivity contribution in [3.63, 3.8) is 0 Å². The first-order valence-electron chi connectivity index (χ1n) is 10.6. The van der Waals surface area contributed by atoms with Crippen molar-refractivity contribution in [3.8, 4) is 0 Å². The average molecular weight is 374 g/mol. The van der Waals surface area contributed by atoms with Gasteiger partial charge in [-0.25, -0.2) is 0 Å². The fourth-order valence-corrected chi connectivity index (χ4v) is 6.45. The molecule has 0 aromatic carbocycles. The van der Waals surface area contributed by atoms with E-state index in [1.54, 1.807) is 0 Å². The van der Waals surface area contributed by atoms with Crippen LogP contribution >= 0.6 is 0 Å². The van der Waals surface area contributed by atoms with Gasteiger partial charge in [0.1, 0.15) is 0 Å². The Balaban J connectivity index is 4.15. The lowest BCUT2D eigenvalue weighted by molar-refractivity contribution is 0.00278. The molecular weight excluding hydrogens is 328 g/mol. The predicted molar refractivity (Wildman–Crippen MR) is 111 cm³/mol. The molecule has 0 saturated carbocycles. The van der Waals surface area contributed by atoms with E-state index >= 15 is 0 Å². The van der Waals surface area contributed by atoms with E-state index in [0.29, 0.717) is 0 Å². The maximum atomic E-state index is 6.23. The summed E-state index contributed by atoms with van der Waals surface area (Å²) in [7, 11) is -2.58. The minimum absolute atomic E-state index is 0.141. The van der Waals surface area contributed by atoms with E-state index in [0.717, 1.165) is 18.9 Å². The first kappa shape index (κ1) is 25.1. The molecule has 0 bridgehead atoms. The molecule has 0 fully saturated rings. The van der Waals surface area contributed by atoms with Crippen molar-refractivity contribution in [2.75, 3.05) is 0 Å². The van der Waals surface area contributed by atoms with Crippen LogP contribution in [0.5, 0.6) is 0 Å². The summed E-state index contributed by atoms with van der Waals surface area (Å²) in [6.45, 7) is 16.3. The Labute approximate surface area is 159 Å². The topological polar surface area (TPSA) is 27.7 Å². The highest BCUT2D eigenvalue weighted by Gasteiger charge is 2.43. The highest BCUT2D eigenvalue weighted by Crippen LogP contribution is 2.25. The molecule has 0 amide bonds. The lowest BCUT2D eigenvalue weighted by atomic mass is 10.1. The zero-order chi connectivity index (χ0) is 19.1. The first-order valence-corrected chi connectivity index (χ1v) is 12.6. The maximum absolute atomic E-state index is 6.23. The summed E-state index contributed by atoms with van der Waals surface area (Å²) in [5, 5.41) is 0. The van der Waals surface area contributed by atoms with Crippen LogP contribution in [0.4, 0.5) is 0 Å². The molecular formula is C21H45O3Si. The van der Waals surface area contributed by atoms with Gasteiger partial charge >= 0.3 is 8.80 Å². The Morgan fingerprint density at radius 1 is 0.560 bits per heavy atom. The fraction of sp³-hybridized carbons (Fsp3) is 0.952. The van der Waals surface area contributed by atoms with Crippen molar-refractivity contribution < 1.29 is 13.3 Å². The number of hydrogen-bond donors (Lipinski definition) is 0. The van der Waals surface area contributed by atoms with Crippen LogP contribution in [0.2, 0.25) is 6.04 Å². The lowest BCUT2D eigenvalue weighted by Gasteiger charge is -2.34. The quantitative estimate of drug-likeness (QED) is 0.204. The zero-order valence-corrected chi connectivity index (χ0v) is 18.9. The molecule has 0 atom stereocenters. The van der Waals surface area contributed by atoms with Gasteiger partial charge < -0.3 is 13.3 Å².